The number of pyridine rings is 1. The fourth-order valence-electron chi connectivity index (χ4n) is 3.14. The maximum atomic E-state index is 12.5. The summed E-state index contributed by atoms with van der Waals surface area (Å²) >= 11 is 0. The van der Waals surface area contributed by atoms with Crippen LogP contribution in [0.4, 0.5) is 5.69 Å². The maximum absolute atomic E-state index is 12.5. The van der Waals surface area contributed by atoms with Crippen LogP contribution in [0.25, 0.3) is 0 Å². The monoisotopic (exact) mass is 332 g/mol. The molecule has 126 valence electrons. The van der Waals surface area contributed by atoms with Crippen molar-refractivity contribution in [3.05, 3.63) is 83.4 Å². The molecule has 2 N–H and O–H groups in total. The number of rotatable bonds is 4. The third kappa shape index (κ3) is 3.61. The highest BCUT2D eigenvalue weighted by atomic mass is 16.1. The first-order valence-electron chi connectivity index (χ1n) is 8.46. The number of carbonyl (C=O) groups excluding carboxylic acids is 1. The van der Waals surface area contributed by atoms with E-state index in [0.717, 1.165) is 37.3 Å². The number of nitrogens with zero attached hydrogens (tertiary/aromatic N) is 2. The smallest absolute Gasteiger partial charge is 0.255 e. The largest absolute Gasteiger partial charge is 0.348 e. The molecule has 3 aromatic rings. The van der Waals surface area contributed by atoms with Gasteiger partial charge in [-0.2, -0.15) is 0 Å². The molecule has 0 spiro atoms. The zero-order valence-electron chi connectivity index (χ0n) is 13.9. The predicted molar refractivity (Wildman–Crippen MR) is 97.6 cm³/mol. The minimum absolute atomic E-state index is 0.0690. The van der Waals surface area contributed by atoms with Gasteiger partial charge >= 0.3 is 0 Å². The molecule has 2 aromatic heterocycles. The van der Waals surface area contributed by atoms with Crippen molar-refractivity contribution < 1.29 is 4.79 Å². The zero-order chi connectivity index (χ0) is 17.1. The van der Waals surface area contributed by atoms with Gasteiger partial charge in [0.05, 0.1) is 5.69 Å². The molecule has 0 saturated carbocycles. The van der Waals surface area contributed by atoms with Crippen LogP contribution in [-0.4, -0.2) is 22.0 Å². The molecule has 0 fully saturated rings. The van der Waals surface area contributed by atoms with Crippen LogP contribution in [0.3, 0.4) is 0 Å². The lowest BCUT2D eigenvalue weighted by molar-refractivity contribution is 0.102. The third-order valence-corrected chi connectivity index (χ3v) is 4.45. The summed E-state index contributed by atoms with van der Waals surface area (Å²) in [5.41, 5.74) is 5.18. The van der Waals surface area contributed by atoms with Gasteiger partial charge < -0.3 is 15.2 Å². The Morgan fingerprint density at radius 3 is 3.08 bits per heavy atom. The first-order chi connectivity index (χ1) is 12.3. The van der Waals surface area contributed by atoms with E-state index in [2.05, 4.69) is 15.6 Å². The van der Waals surface area contributed by atoms with Crippen LogP contribution in [-0.2, 0) is 19.5 Å². The normalized spacial score (nSPS) is 13.3. The highest BCUT2D eigenvalue weighted by molar-refractivity contribution is 6.04. The van der Waals surface area contributed by atoms with Gasteiger partial charge in [0, 0.05) is 43.4 Å². The Balaban J connectivity index is 1.44. The minimum Gasteiger partial charge on any atom is -0.348 e. The Kier molecular flexibility index (Phi) is 4.31. The number of amides is 1. The second kappa shape index (κ2) is 6.91. The lowest BCUT2D eigenvalue weighted by Gasteiger charge is -2.17. The molecule has 0 unspecified atom stereocenters. The topological polar surface area (TPSA) is 59.0 Å². The molecule has 1 amide bonds. The molecule has 5 nitrogen and oxygen atoms in total. The molecule has 1 aliphatic rings. The second-order valence-electron chi connectivity index (χ2n) is 6.30. The molecular formula is C20H20N4O. The lowest BCUT2D eigenvalue weighted by atomic mass is 9.98. The number of hydrogen-bond donors (Lipinski definition) is 2. The Morgan fingerprint density at radius 2 is 2.20 bits per heavy atom. The van der Waals surface area contributed by atoms with Crippen LogP contribution in [0.15, 0.2) is 61.2 Å². The third-order valence-electron chi connectivity index (χ3n) is 4.45. The van der Waals surface area contributed by atoms with E-state index in [0.29, 0.717) is 5.56 Å². The zero-order valence-corrected chi connectivity index (χ0v) is 13.9. The molecule has 0 atom stereocenters. The summed E-state index contributed by atoms with van der Waals surface area (Å²) in [7, 11) is 0. The SMILES string of the molecule is O=C(Nc1ccn(Cc2cccnc2)c1)c1ccc2c(c1)CCNC2. The van der Waals surface area contributed by atoms with E-state index in [-0.39, 0.29) is 5.91 Å². The molecule has 25 heavy (non-hydrogen) atoms. The van der Waals surface area contributed by atoms with Gasteiger partial charge in [-0.05, 0) is 53.9 Å². The second-order valence-corrected chi connectivity index (χ2v) is 6.30. The number of fused-ring (bicyclic) bond motifs is 1. The van der Waals surface area contributed by atoms with E-state index in [1.807, 2.05) is 59.6 Å². The highest BCUT2D eigenvalue weighted by Gasteiger charge is 2.13. The van der Waals surface area contributed by atoms with Crippen molar-refractivity contribution in [2.45, 2.75) is 19.5 Å². The maximum Gasteiger partial charge on any atom is 0.255 e. The van der Waals surface area contributed by atoms with E-state index < -0.39 is 0 Å². The minimum atomic E-state index is -0.0690. The van der Waals surface area contributed by atoms with Crippen LogP contribution in [0.2, 0.25) is 0 Å². The fourth-order valence-corrected chi connectivity index (χ4v) is 3.14. The van der Waals surface area contributed by atoms with Gasteiger partial charge in [-0.3, -0.25) is 9.78 Å². The lowest BCUT2D eigenvalue weighted by Crippen LogP contribution is -2.24. The number of benzene rings is 1. The van der Waals surface area contributed by atoms with Crippen molar-refractivity contribution in [1.29, 1.82) is 0 Å². The highest BCUT2D eigenvalue weighted by Crippen LogP contribution is 2.17. The summed E-state index contributed by atoms with van der Waals surface area (Å²) in [6, 6.07) is 11.8. The first kappa shape index (κ1) is 15.6. The van der Waals surface area contributed by atoms with E-state index >= 15 is 0 Å². The Hall–Kier alpha value is -2.92. The average Bonchev–Trinajstić information content (AvgIpc) is 3.09. The van der Waals surface area contributed by atoms with Crippen LogP contribution in [0.5, 0.6) is 0 Å². The standard InChI is InChI=1S/C20H20N4O/c25-20(17-3-4-18-12-22-8-5-16(18)10-17)23-19-6-9-24(14-19)13-15-2-1-7-21-11-15/h1-4,6-7,9-11,14,22H,5,8,12-13H2,(H,23,25). The molecule has 1 aliphatic heterocycles. The number of hydrogen-bond acceptors (Lipinski definition) is 3. The first-order valence-corrected chi connectivity index (χ1v) is 8.46. The number of aromatic nitrogens is 2. The summed E-state index contributed by atoms with van der Waals surface area (Å²) in [6.45, 7) is 2.58. The van der Waals surface area contributed by atoms with Gasteiger partial charge in [-0.15, -0.1) is 0 Å². The number of carbonyl (C=O) groups is 1. The van der Waals surface area contributed by atoms with Crippen LogP contribution in [0.1, 0.15) is 27.0 Å². The van der Waals surface area contributed by atoms with Crippen molar-refractivity contribution in [3.8, 4) is 0 Å². The van der Waals surface area contributed by atoms with Gasteiger partial charge in [0.25, 0.3) is 5.91 Å². The summed E-state index contributed by atoms with van der Waals surface area (Å²) in [4.78, 5) is 16.6. The molecule has 4 rings (SSSR count). The van der Waals surface area contributed by atoms with Crippen molar-refractivity contribution in [2.75, 3.05) is 11.9 Å². The Bertz CT molecular complexity index is 886. The van der Waals surface area contributed by atoms with E-state index in [9.17, 15) is 4.79 Å². The molecule has 3 heterocycles. The Labute approximate surface area is 146 Å². The molecule has 0 bridgehead atoms. The van der Waals surface area contributed by atoms with Gasteiger partial charge in [0.1, 0.15) is 0 Å². The molecule has 5 heteroatoms. The fraction of sp³-hybridized carbons (Fsp3) is 0.200. The van der Waals surface area contributed by atoms with E-state index in [1.165, 1.54) is 11.1 Å². The van der Waals surface area contributed by atoms with Gasteiger partial charge in [0.2, 0.25) is 0 Å². The predicted octanol–water partition coefficient (Wildman–Crippen LogP) is 2.83. The summed E-state index contributed by atoms with van der Waals surface area (Å²) in [5.74, 6) is -0.0690. The molecule has 0 saturated heterocycles. The molecule has 1 aromatic carbocycles. The van der Waals surface area contributed by atoms with Crippen molar-refractivity contribution in [1.82, 2.24) is 14.9 Å². The van der Waals surface area contributed by atoms with Crippen LogP contribution < -0.4 is 10.6 Å². The van der Waals surface area contributed by atoms with Gasteiger partial charge in [-0.1, -0.05) is 12.1 Å². The molecular weight excluding hydrogens is 312 g/mol. The van der Waals surface area contributed by atoms with Crippen LogP contribution in [0, 0.1) is 0 Å². The van der Waals surface area contributed by atoms with Crippen molar-refractivity contribution in [3.63, 3.8) is 0 Å². The van der Waals surface area contributed by atoms with Crippen molar-refractivity contribution >= 4 is 11.6 Å². The van der Waals surface area contributed by atoms with Crippen LogP contribution >= 0.6 is 0 Å². The molecule has 0 radical (unpaired) electrons. The average molecular weight is 332 g/mol. The number of anilines is 1. The van der Waals surface area contributed by atoms with Gasteiger partial charge in [-0.25, -0.2) is 0 Å². The van der Waals surface area contributed by atoms with Crippen molar-refractivity contribution in [2.24, 2.45) is 0 Å². The quantitative estimate of drug-likeness (QED) is 0.772. The molecule has 0 aliphatic carbocycles. The van der Waals surface area contributed by atoms with Gasteiger partial charge in [0.15, 0.2) is 0 Å². The summed E-state index contributed by atoms with van der Waals surface area (Å²) in [5, 5.41) is 6.32. The van der Waals surface area contributed by atoms with E-state index in [4.69, 9.17) is 0 Å². The summed E-state index contributed by atoms with van der Waals surface area (Å²) in [6.07, 6.45) is 8.48. The Morgan fingerprint density at radius 1 is 1.24 bits per heavy atom. The van der Waals surface area contributed by atoms with E-state index in [1.54, 1.807) is 6.20 Å². The summed E-state index contributed by atoms with van der Waals surface area (Å²) < 4.78 is 2.03. The number of nitrogens with one attached hydrogen (secondary N) is 2.